The second-order valence-electron chi connectivity index (χ2n) is 6.07. The molecule has 0 saturated heterocycles. The minimum Gasteiger partial charge on any atom is -0.478 e. The molecular weight excluding hydrogens is 312 g/mol. The topological polar surface area (TPSA) is 57.5 Å². The van der Waals surface area contributed by atoms with Gasteiger partial charge in [0, 0.05) is 6.08 Å². The predicted molar refractivity (Wildman–Crippen MR) is 107 cm³/mol. The van der Waals surface area contributed by atoms with Gasteiger partial charge in [0.05, 0.1) is 6.10 Å². The average Bonchev–Trinajstić information content (AvgIpc) is 2.58. The summed E-state index contributed by atoms with van der Waals surface area (Å²) in [6.07, 6.45) is 27.7. The lowest BCUT2D eigenvalue weighted by atomic mass is 10.0. The molecule has 0 saturated carbocycles. The van der Waals surface area contributed by atoms with Gasteiger partial charge in [-0.2, -0.15) is 0 Å². The number of aliphatic carboxylic acids is 1. The fraction of sp³-hybridized carbons (Fsp3) is 0.500. The minimum atomic E-state index is -0.948. The zero-order valence-corrected chi connectivity index (χ0v) is 15.5. The SMILES string of the molecule is CCCCCCCCC(O)CCC=CC=CC=CC=CC=CC(=O)O. The molecule has 0 aliphatic rings. The molecule has 1 atom stereocenters. The molecule has 0 amide bonds. The van der Waals surface area contributed by atoms with Gasteiger partial charge >= 0.3 is 5.97 Å². The molecule has 0 spiro atoms. The smallest absolute Gasteiger partial charge is 0.328 e. The summed E-state index contributed by atoms with van der Waals surface area (Å²) in [6, 6.07) is 0. The van der Waals surface area contributed by atoms with Crippen LogP contribution in [0.2, 0.25) is 0 Å². The van der Waals surface area contributed by atoms with E-state index in [1.54, 1.807) is 12.2 Å². The monoisotopic (exact) mass is 346 g/mol. The van der Waals surface area contributed by atoms with E-state index in [0.29, 0.717) is 0 Å². The Kier molecular flexibility index (Phi) is 17.1. The van der Waals surface area contributed by atoms with Crippen molar-refractivity contribution in [2.45, 2.75) is 70.8 Å². The van der Waals surface area contributed by atoms with Crippen molar-refractivity contribution in [3.63, 3.8) is 0 Å². The molecule has 0 fully saturated rings. The zero-order valence-electron chi connectivity index (χ0n) is 15.5. The largest absolute Gasteiger partial charge is 0.478 e. The van der Waals surface area contributed by atoms with E-state index < -0.39 is 5.97 Å². The lowest BCUT2D eigenvalue weighted by Gasteiger charge is -2.08. The number of carbonyl (C=O) groups is 1. The van der Waals surface area contributed by atoms with Gasteiger partial charge in [-0.15, -0.1) is 0 Å². The number of aliphatic hydroxyl groups excluding tert-OH is 1. The van der Waals surface area contributed by atoms with E-state index in [2.05, 4.69) is 13.0 Å². The Morgan fingerprint density at radius 2 is 1.36 bits per heavy atom. The first-order chi connectivity index (χ1) is 12.2. The Bertz CT molecular complexity index is 456. The maximum atomic E-state index is 10.2. The lowest BCUT2D eigenvalue weighted by Crippen LogP contribution is -2.05. The van der Waals surface area contributed by atoms with Gasteiger partial charge in [0.1, 0.15) is 0 Å². The van der Waals surface area contributed by atoms with E-state index in [4.69, 9.17) is 5.11 Å². The number of unbranched alkanes of at least 4 members (excludes halogenated alkanes) is 5. The van der Waals surface area contributed by atoms with Crippen LogP contribution in [0.1, 0.15) is 64.7 Å². The third kappa shape index (κ3) is 20.1. The summed E-state index contributed by atoms with van der Waals surface area (Å²) in [5.74, 6) is -0.948. The molecule has 0 aromatic carbocycles. The number of rotatable bonds is 15. The van der Waals surface area contributed by atoms with Crippen LogP contribution in [-0.2, 0) is 4.79 Å². The van der Waals surface area contributed by atoms with E-state index in [-0.39, 0.29) is 6.10 Å². The van der Waals surface area contributed by atoms with Crippen molar-refractivity contribution in [3.05, 3.63) is 60.8 Å². The summed E-state index contributed by atoms with van der Waals surface area (Å²) >= 11 is 0. The quantitative estimate of drug-likeness (QED) is 0.226. The summed E-state index contributed by atoms with van der Waals surface area (Å²) in [7, 11) is 0. The highest BCUT2D eigenvalue weighted by Crippen LogP contribution is 2.11. The molecule has 3 nitrogen and oxygen atoms in total. The van der Waals surface area contributed by atoms with Gasteiger partial charge < -0.3 is 10.2 Å². The van der Waals surface area contributed by atoms with Crippen molar-refractivity contribution < 1.29 is 15.0 Å². The molecule has 25 heavy (non-hydrogen) atoms. The first-order valence-electron chi connectivity index (χ1n) is 9.41. The first kappa shape index (κ1) is 23.1. The normalized spacial score (nSPS) is 14.0. The number of aliphatic hydroxyl groups is 1. The van der Waals surface area contributed by atoms with Crippen molar-refractivity contribution in [3.8, 4) is 0 Å². The van der Waals surface area contributed by atoms with Crippen molar-refractivity contribution in [2.24, 2.45) is 0 Å². The van der Waals surface area contributed by atoms with Gasteiger partial charge in [-0.05, 0) is 19.3 Å². The minimum absolute atomic E-state index is 0.177. The van der Waals surface area contributed by atoms with Crippen molar-refractivity contribution >= 4 is 5.97 Å². The predicted octanol–water partition coefficient (Wildman–Crippen LogP) is 5.74. The van der Waals surface area contributed by atoms with E-state index in [1.165, 1.54) is 38.2 Å². The van der Waals surface area contributed by atoms with Gasteiger partial charge in [0.25, 0.3) is 0 Å². The fourth-order valence-corrected chi connectivity index (χ4v) is 2.29. The summed E-state index contributed by atoms with van der Waals surface area (Å²) in [5, 5.41) is 18.3. The maximum absolute atomic E-state index is 10.2. The standard InChI is InChI=1S/C22H34O3/c1-2-3-4-5-12-15-18-21(23)19-16-13-10-8-6-7-9-11-14-17-20-22(24)25/h6-11,13-14,17,20-21,23H,2-5,12,15-16,18-19H2,1H3,(H,24,25). The molecule has 0 aliphatic heterocycles. The molecule has 0 radical (unpaired) electrons. The number of allylic oxidation sites excluding steroid dienone is 9. The highest BCUT2D eigenvalue weighted by Gasteiger charge is 2.01. The summed E-state index contributed by atoms with van der Waals surface area (Å²) in [4.78, 5) is 10.2. The van der Waals surface area contributed by atoms with E-state index in [9.17, 15) is 9.90 Å². The van der Waals surface area contributed by atoms with Crippen molar-refractivity contribution in [1.82, 2.24) is 0 Å². The van der Waals surface area contributed by atoms with E-state index in [1.807, 2.05) is 30.4 Å². The fourth-order valence-electron chi connectivity index (χ4n) is 2.29. The van der Waals surface area contributed by atoms with Gasteiger partial charge in [-0.1, -0.05) is 100 Å². The van der Waals surface area contributed by atoms with Gasteiger partial charge in [-0.25, -0.2) is 4.79 Å². The molecule has 0 bridgehead atoms. The maximum Gasteiger partial charge on any atom is 0.328 e. The molecular formula is C22H34O3. The number of hydrogen-bond donors (Lipinski definition) is 2. The van der Waals surface area contributed by atoms with Gasteiger partial charge in [0.15, 0.2) is 0 Å². The highest BCUT2D eigenvalue weighted by molar-refractivity contribution is 5.80. The third-order valence-electron chi connectivity index (χ3n) is 3.71. The van der Waals surface area contributed by atoms with Crippen LogP contribution in [0.25, 0.3) is 0 Å². The number of hydrogen-bond acceptors (Lipinski definition) is 2. The number of carboxylic acids is 1. The van der Waals surface area contributed by atoms with Crippen LogP contribution >= 0.6 is 0 Å². The van der Waals surface area contributed by atoms with Crippen LogP contribution in [0, 0.1) is 0 Å². The molecule has 0 aliphatic carbocycles. The van der Waals surface area contributed by atoms with Gasteiger partial charge in [0.2, 0.25) is 0 Å². The highest BCUT2D eigenvalue weighted by atomic mass is 16.4. The molecule has 0 aromatic rings. The Morgan fingerprint density at radius 1 is 0.800 bits per heavy atom. The molecule has 2 N–H and O–H groups in total. The summed E-state index contributed by atoms with van der Waals surface area (Å²) in [5.41, 5.74) is 0. The summed E-state index contributed by atoms with van der Waals surface area (Å²) < 4.78 is 0. The van der Waals surface area contributed by atoms with E-state index >= 15 is 0 Å². The van der Waals surface area contributed by atoms with Crippen LogP contribution in [0.4, 0.5) is 0 Å². The lowest BCUT2D eigenvalue weighted by molar-refractivity contribution is -0.131. The second-order valence-corrected chi connectivity index (χ2v) is 6.07. The van der Waals surface area contributed by atoms with Crippen LogP contribution in [0.15, 0.2) is 60.8 Å². The van der Waals surface area contributed by atoms with Crippen LogP contribution < -0.4 is 0 Å². The molecule has 3 heteroatoms. The van der Waals surface area contributed by atoms with Crippen LogP contribution in [-0.4, -0.2) is 22.3 Å². The second kappa shape index (κ2) is 18.5. The Balaban J connectivity index is 3.62. The average molecular weight is 347 g/mol. The molecule has 0 aromatic heterocycles. The molecule has 0 rings (SSSR count). The Morgan fingerprint density at radius 3 is 2.00 bits per heavy atom. The zero-order chi connectivity index (χ0) is 18.6. The Hall–Kier alpha value is -1.87. The van der Waals surface area contributed by atoms with Gasteiger partial charge in [-0.3, -0.25) is 0 Å². The Labute approximate surface area is 153 Å². The van der Waals surface area contributed by atoms with Crippen molar-refractivity contribution in [1.29, 1.82) is 0 Å². The molecule has 0 heterocycles. The van der Waals surface area contributed by atoms with Crippen molar-refractivity contribution in [2.75, 3.05) is 0 Å². The van der Waals surface area contributed by atoms with Crippen LogP contribution in [0.3, 0.4) is 0 Å². The third-order valence-corrected chi connectivity index (χ3v) is 3.71. The molecule has 1 unspecified atom stereocenters. The summed E-state index contributed by atoms with van der Waals surface area (Å²) in [6.45, 7) is 2.22. The first-order valence-corrected chi connectivity index (χ1v) is 9.41. The number of carboxylic acid groups (broad SMARTS) is 1. The molecule has 140 valence electrons. The van der Waals surface area contributed by atoms with E-state index in [0.717, 1.165) is 31.8 Å². The van der Waals surface area contributed by atoms with Crippen LogP contribution in [0.5, 0.6) is 0 Å².